The molecule has 0 saturated heterocycles. The second kappa shape index (κ2) is 8.70. The lowest BCUT2D eigenvalue weighted by Crippen LogP contribution is -2.06. The summed E-state index contributed by atoms with van der Waals surface area (Å²) in [6.45, 7) is 2.80. The van der Waals surface area contributed by atoms with Crippen LogP contribution in [0.4, 0.5) is 0 Å². The molecule has 0 unspecified atom stereocenters. The first-order valence-corrected chi connectivity index (χ1v) is 6.65. The van der Waals surface area contributed by atoms with E-state index < -0.39 is 0 Å². The smallest absolute Gasteiger partial charge is 0.338 e. The van der Waals surface area contributed by atoms with Gasteiger partial charge in [-0.05, 0) is 43.4 Å². The van der Waals surface area contributed by atoms with E-state index in [4.69, 9.17) is 9.84 Å². The number of ether oxygens (including phenoxy) is 1. The molecule has 0 bridgehead atoms. The number of aliphatic hydroxyl groups is 1. The van der Waals surface area contributed by atoms with Crippen LogP contribution in [0.3, 0.4) is 0 Å². The van der Waals surface area contributed by atoms with Crippen molar-refractivity contribution in [3.05, 3.63) is 35.4 Å². The zero-order chi connectivity index (χ0) is 13.2. The van der Waals surface area contributed by atoms with Crippen molar-refractivity contribution < 1.29 is 14.6 Å². The van der Waals surface area contributed by atoms with E-state index in [0.717, 1.165) is 32.1 Å². The zero-order valence-corrected chi connectivity index (χ0v) is 11.0. The summed E-state index contributed by atoms with van der Waals surface area (Å²) in [5.41, 5.74) is 1.80. The standard InChI is InChI=1S/C15H22O3/c1-2-3-12-18-15(17)14-9-7-13(8-10-14)6-4-5-11-16/h7-10,16H,2-6,11-12H2,1H3. The lowest BCUT2D eigenvalue weighted by molar-refractivity contribution is 0.0499. The highest BCUT2D eigenvalue weighted by molar-refractivity contribution is 5.89. The Kier molecular flexibility index (Phi) is 7.11. The van der Waals surface area contributed by atoms with Gasteiger partial charge in [-0.3, -0.25) is 0 Å². The van der Waals surface area contributed by atoms with E-state index in [9.17, 15) is 4.79 Å². The number of carbonyl (C=O) groups excluding carboxylic acids is 1. The van der Waals surface area contributed by atoms with Gasteiger partial charge in [-0.15, -0.1) is 0 Å². The largest absolute Gasteiger partial charge is 0.462 e. The number of aliphatic hydroxyl groups excluding tert-OH is 1. The van der Waals surface area contributed by atoms with E-state index in [1.54, 1.807) is 0 Å². The Morgan fingerprint density at radius 2 is 1.89 bits per heavy atom. The van der Waals surface area contributed by atoms with Gasteiger partial charge >= 0.3 is 5.97 Å². The number of esters is 1. The average molecular weight is 250 g/mol. The fourth-order valence-electron chi connectivity index (χ4n) is 1.64. The molecule has 1 rings (SSSR count). The average Bonchev–Trinajstić information content (AvgIpc) is 2.40. The number of hydrogen-bond donors (Lipinski definition) is 1. The van der Waals surface area contributed by atoms with E-state index in [1.165, 1.54) is 5.56 Å². The monoisotopic (exact) mass is 250 g/mol. The van der Waals surface area contributed by atoms with E-state index in [0.29, 0.717) is 12.2 Å². The lowest BCUT2D eigenvalue weighted by atomic mass is 10.1. The van der Waals surface area contributed by atoms with Gasteiger partial charge in [0.25, 0.3) is 0 Å². The van der Waals surface area contributed by atoms with Gasteiger partial charge in [0.2, 0.25) is 0 Å². The first kappa shape index (κ1) is 14.7. The van der Waals surface area contributed by atoms with Gasteiger partial charge in [0.1, 0.15) is 0 Å². The minimum Gasteiger partial charge on any atom is -0.462 e. The molecule has 0 amide bonds. The summed E-state index contributed by atoms with van der Waals surface area (Å²) in [6, 6.07) is 7.52. The zero-order valence-electron chi connectivity index (χ0n) is 11.0. The van der Waals surface area contributed by atoms with E-state index in [-0.39, 0.29) is 12.6 Å². The van der Waals surface area contributed by atoms with Crippen molar-refractivity contribution in [1.82, 2.24) is 0 Å². The highest BCUT2D eigenvalue weighted by Crippen LogP contribution is 2.09. The highest BCUT2D eigenvalue weighted by atomic mass is 16.5. The van der Waals surface area contributed by atoms with Crippen LogP contribution >= 0.6 is 0 Å². The second-order valence-corrected chi connectivity index (χ2v) is 4.37. The van der Waals surface area contributed by atoms with E-state index in [2.05, 4.69) is 6.92 Å². The van der Waals surface area contributed by atoms with Crippen LogP contribution < -0.4 is 0 Å². The predicted molar refractivity (Wildman–Crippen MR) is 71.7 cm³/mol. The molecule has 1 aromatic carbocycles. The van der Waals surface area contributed by atoms with E-state index in [1.807, 2.05) is 24.3 Å². The SMILES string of the molecule is CCCCOC(=O)c1ccc(CCCCO)cc1. The first-order chi connectivity index (χ1) is 8.77. The van der Waals surface area contributed by atoms with Crippen LogP contribution in [0.5, 0.6) is 0 Å². The maximum absolute atomic E-state index is 11.6. The van der Waals surface area contributed by atoms with E-state index >= 15 is 0 Å². The molecule has 0 saturated carbocycles. The summed E-state index contributed by atoms with van der Waals surface area (Å²) >= 11 is 0. The summed E-state index contributed by atoms with van der Waals surface area (Å²) in [6.07, 6.45) is 4.66. The Morgan fingerprint density at radius 1 is 1.17 bits per heavy atom. The second-order valence-electron chi connectivity index (χ2n) is 4.37. The lowest BCUT2D eigenvalue weighted by Gasteiger charge is -2.05. The minimum atomic E-state index is -0.245. The van der Waals surface area contributed by atoms with Crippen molar-refractivity contribution in [2.45, 2.75) is 39.0 Å². The highest BCUT2D eigenvalue weighted by Gasteiger charge is 2.06. The Bertz CT molecular complexity index is 343. The summed E-state index contributed by atoms with van der Waals surface area (Å²) < 4.78 is 5.13. The van der Waals surface area contributed by atoms with Crippen LogP contribution in [0.2, 0.25) is 0 Å². The van der Waals surface area contributed by atoms with Gasteiger partial charge in [0.15, 0.2) is 0 Å². The van der Waals surface area contributed by atoms with Crippen LogP contribution in [0.25, 0.3) is 0 Å². The van der Waals surface area contributed by atoms with Gasteiger partial charge in [0, 0.05) is 6.61 Å². The number of aryl methyl sites for hydroxylation is 1. The molecule has 0 aliphatic carbocycles. The third-order valence-corrected chi connectivity index (χ3v) is 2.79. The van der Waals surface area contributed by atoms with Gasteiger partial charge < -0.3 is 9.84 Å². The third-order valence-electron chi connectivity index (χ3n) is 2.79. The number of rotatable bonds is 8. The molecule has 0 fully saturated rings. The van der Waals surface area contributed by atoms with Crippen molar-refractivity contribution in [1.29, 1.82) is 0 Å². The molecule has 0 aromatic heterocycles. The number of carbonyl (C=O) groups is 1. The van der Waals surface area contributed by atoms with Crippen LogP contribution in [0, 0.1) is 0 Å². The number of benzene rings is 1. The van der Waals surface area contributed by atoms with Gasteiger partial charge in [-0.1, -0.05) is 25.5 Å². The van der Waals surface area contributed by atoms with Crippen LogP contribution in [0.1, 0.15) is 48.5 Å². The molecule has 0 atom stereocenters. The molecule has 0 spiro atoms. The Labute approximate surface area is 109 Å². The maximum Gasteiger partial charge on any atom is 0.338 e. The van der Waals surface area contributed by atoms with Crippen molar-refractivity contribution in [2.75, 3.05) is 13.2 Å². The minimum absolute atomic E-state index is 0.238. The maximum atomic E-state index is 11.6. The Hall–Kier alpha value is -1.35. The molecule has 100 valence electrons. The molecule has 3 nitrogen and oxygen atoms in total. The molecular formula is C15H22O3. The molecule has 1 N–H and O–H groups in total. The fraction of sp³-hybridized carbons (Fsp3) is 0.533. The molecule has 18 heavy (non-hydrogen) atoms. The number of unbranched alkanes of at least 4 members (excludes halogenated alkanes) is 2. The molecule has 1 aromatic rings. The topological polar surface area (TPSA) is 46.5 Å². The van der Waals surface area contributed by atoms with Gasteiger partial charge in [0.05, 0.1) is 12.2 Å². The van der Waals surface area contributed by atoms with Crippen molar-refractivity contribution in [2.24, 2.45) is 0 Å². The first-order valence-electron chi connectivity index (χ1n) is 6.65. The summed E-state index contributed by atoms with van der Waals surface area (Å²) in [5.74, 6) is -0.245. The van der Waals surface area contributed by atoms with Crippen LogP contribution in [-0.4, -0.2) is 24.3 Å². The molecular weight excluding hydrogens is 228 g/mol. The third kappa shape index (κ3) is 5.32. The van der Waals surface area contributed by atoms with Crippen molar-refractivity contribution >= 4 is 5.97 Å². The summed E-state index contributed by atoms with van der Waals surface area (Å²) in [7, 11) is 0. The van der Waals surface area contributed by atoms with Crippen LogP contribution in [0.15, 0.2) is 24.3 Å². The number of hydrogen-bond acceptors (Lipinski definition) is 3. The molecule has 0 heterocycles. The van der Waals surface area contributed by atoms with Crippen molar-refractivity contribution in [3.8, 4) is 0 Å². The van der Waals surface area contributed by atoms with Crippen molar-refractivity contribution in [3.63, 3.8) is 0 Å². The normalized spacial score (nSPS) is 10.3. The van der Waals surface area contributed by atoms with Gasteiger partial charge in [-0.2, -0.15) is 0 Å². The summed E-state index contributed by atoms with van der Waals surface area (Å²) in [5, 5.41) is 8.70. The Balaban J connectivity index is 2.41. The molecule has 0 aliphatic heterocycles. The Morgan fingerprint density at radius 3 is 2.50 bits per heavy atom. The summed E-state index contributed by atoms with van der Waals surface area (Å²) in [4.78, 5) is 11.6. The fourth-order valence-corrected chi connectivity index (χ4v) is 1.64. The van der Waals surface area contributed by atoms with Crippen LogP contribution in [-0.2, 0) is 11.2 Å². The predicted octanol–water partition coefficient (Wildman–Crippen LogP) is 2.96. The molecule has 0 aliphatic rings. The quantitative estimate of drug-likeness (QED) is 0.570. The molecule has 0 radical (unpaired) electrons. The van der Waals surface area contributed by atoms with Gasteiger partial charge in [-0.25, -0.2) is 4.79 Å². The molecule has 3 heteroatoms.